The Balaban J connectivity index is 1.37. The Hall–Kier alpha value is -3.56. The van der Waals surface area contributed by atoms with Crippen molar-refractivity contribution in [2.24, 2.45) is 0 Å². The molecule has 4 heterocycles. The normalized spacial score (nSPS) is 16.7. The molecule has 0 radical (unpaired) electrons. The summed E-state index contributed by atoms with van der Waals surface area (Å²) in [7, 11) is 0. The first-order chi connectivity index (χ1) is 15.5. The summed E-state index contributed by atoms with van der Waals surface area (Å²) >= 11 is 0. The first-order valence-corrected chi connectivity index (χ1v) is 10.6. The van der Waals surface area contributed by atoms with Gasteiger partial charge in [0.1, 0.15) is 0 Å². The number of aromatic amines is 1. The molecular formula is C23H25N7O2. The number of benzene rings is 1. The van der Waals surface area contributed by atoms with E-state index in [1.165, 1.54) is 0 Å². The number of aromatic nitrogens is 5. The zero-order valence-corrected chi connectivity index (χ0v) is 18.0. The molecule has 0 spiro atoms. The third-order valence-electron chi connectivity index (χ3n) is 5.83. The summed E-state index contributed by atoms with van der Waals surface area (Å²) < 4.78 is 1.76. The molecule has 1 aliphatic rings. The van der Waals surface area contributed by atoms with Crippen LogP contribution < -0.4 is 5.32 Å². The maximum Gasteiger partial charge on any atom is 0.229 e. The highest BCUT2D eigenvalue weighted by Gasteiger charge is 2.21. The molecule has 0 saturated carbocycles. The number of aliphatic hydroxyl groups excluding tert-OH is 1. The molecule has 0 amide bonds. The molecule has 1 saturated heterocycles. The standard InChI is InChI=1S/C23H25N7O2/c1-14-16(11-29-8-6-18(32)13-29)12-30(28-14)22-5-7-24-23(27-22)26-17-3-4-21-19(9-17)20(10-25-21)15(2)31/h3-5,7,9-10,12,18,25,32H,6,8,11,13H2,1-2H3,(H,24,26,27)/t18-/m1/s1. The van der Waals surface area contributed by atoms with E-state index in [1.807, 2.05) is 37.4 Å². The van der Waals surface area contributed by atoms with Gasteiger partial charge in [0, 0.05) is 72.0 Å². The molecule has 4 aromatic rings. The number of nitrogens with one attached hydrogen (secondary N) is 2. The first kappa shape index (κ1) is 20.3. The van der Waals surface area contributed by atoms with Gasteiger partial charge in [0.25, 0.3) is 0 Å². The average Bonchev–Trinajstić information content (AvgIpc) is 3.47. The second-order valence-corrected chi connectivity index (χ2v) is 8.24. The van der Waals surface area contributed by atoms with E-state index < -0.39 is 0 Å². The summed E-state index contributed by atoms with van der Waals surface area (Å²) in [6, 6.07) is 7.56. The van der Waals surface area contributed by atoms with Crippen LogP contribution in [0.4, 0.5) is 11.6 Å². The Bertz CT molecular complexity index is 1290. The topological polar surface area (TPSA) is 112 Å². The van der Waals surface area contributed by atoms with Crippen LogP contribution in [-0.2, 0) is 6.54 Å². The lowest BCUT2D eigenvalue weighted by Gasteiger charge is -2.13. The van der Waals surface area contributed by atoms with Crippen molar-refractivity contribution < 1.29 is 9.90 Å². The number of Topliss-reactive ketones (excluding diaryl/α,β-unsaturated/α-hetero) is 1. The van der Waals surface area contributed by atoms with Crippen LogP contribution in [0.2, 0.25) is 0 Å². The van der Waals surface area contributed by atoms with Gasteiger partial charge < -0.3 is 15.4 Å². The molecule has 1 fully saturated rings. The number of β-amino-alcohol motifs (C(OH)–C–C–N with tert-alkyl or cyclic N) is 1. The number of rotatable bonds is 6. The molecule has 9 heteroatoms. The van der Waals surface area contributed by atoms with Crippen molar-refractivity contribution in [1.82, 2.24) is 29.6 Å². The second-order valence-electron chi connectivity index (χ2n) is 8.24. The molecule has 0 aliphatic carbocycles. The smallest absolute Gasteiger partial charge is 0.229 e. The van der Waals surface area contributed by atoms with Gasteiger partial charge in [0.2, 0.25) is 5.95 Å². The number of H-pyrrole nitrogens is 1. The van der Waals surface area contributed by atoms with Crippen LogP contribution in [0, 0.1) is 6.92 Å². The van der Waals surface area contributed by atoms with E-state index in [1.54, 1.807) is 24.0 Å². The number of fused-ring (bicyclic) bond motifs is 1. The largest absolute Gasteiger partial charge is 0.392 e. The second kappa shape index (κ2) is 8.18. The van der Waals surface area contributed by atoms with Gasteiger partial charge in [-0.2, -0.15) is 10.1 Å². The van der Waals surface area contributed by atoms with Gasteiger partial charge in [-0.1, -0.05) is 0 Å². The monoisotopic (exact) mass is 431 g/mol. The van der Waals surface area contributed by atoms with Crippen molar-refractivity contribution in [1.29, 1.82) is 0 Å². The van der Waals surface area contributed by atoms with Crippen molar-refractivity contribution in [3.05, 3.63) is 59.7 Å². The number of hydrogen-bond donors (Lipinski definition) is 3. The maximum absolute atomic E-state index is 11.9. The van der Waals surface area contributed by atoms with Gasteiger partial charge in [-0.3, -0.25) is 9.69 Å². The number of likely N-dealkylation sites (tertiary alicyclic amines) is 1. The Morgan fingerprint density at radius 2 is 2.22 bits per heavy atom. The van der Waals surface area contributed by atoms with Crippen LogP contribution in [0.1, 0.15) is 35.0 Å². The van der Waals surface area contributed by atoms with Crippen LogP contribution in [0.3, 0.4) is 0 Å². The predicted molar refractivity (Wildman–Crippen MR) is 121 cm³/mol. The van der Waals surface area contributed by atoms with Crippen LogP contribution in [0.25, 0.3) is 16.7 Å². The Labute approximate surface area is 185 Å². The molecule has 164 valence electrons. The van der Waals surface area contributed by atoms with Crippen molar-refractivity contribution in [2.75, 3.05) is 18.4 Å². The van der Waals surface area contributed by atoms with Crippen LogP contribution in [0.5, 0.6) is 0 Å². The molecule has 5 rings (SSSR count). The average molecular weight is 432 g/mol. The van der Waals surface area contributed by atoms with Crippen molar-refractivity contribution >= 4 is 28.3 Å². The number of nitrogens with zero attached hydrogens (tertiary/aromatic N) is 5. The third-order valence-corrected chi connectivity index (χ3v) is 5.83. The maximum atomic E-state index is 11.9. The number of ketones is 1. The fraction of sp³-hybridized carbons (Fsp3) is 0.304. The SMILES string of the molecule is CC(=O)c1c[nH]c2ccc(Nc3nccc(-n4cc(CN5CC[C@@H](O)C5)c(C)n4)n3)cc12. The minimum atomic E-state index is -0.238. The summed E-state index contributed by atoms with van der Waals surface area (Å²) in [5.41, 5.74) is 4.40. The summed E-state index contributed by atoms with van der Waals surface area (Å²) in [5, 5.41) is 18.5. The quantitative estimate of drug-likeness (QED) is 0.402. The van der Waals surface area contributed by atoms with E-state index in [9.17, 15) is 9.90 Å². The zero-order chi connectivity index (χ0) is 22.2. The van der Waals surface area contributed by atoms with E-state index in [0.717, 1.165) is 47.4 Å². The number of aryl methyl sites for hydroxylation is 1. The third kappa shape index (κ3) is 4.00. The molecule has 9 nitrogen and oxygen atoms in total. The Morgan fingerprint density at radius 1 is 1.34 bits per heavy atom. The van der Waals surface area contributed by atoms with E-state index in [2.05, 4.69) is 30.3 Å². The van der Waals surface area contributed by atoms with Crippen LogP contribution >= 0.6 is 0 Å². The van der Waals surface area contributed by atoms with Gasteiger partial charge in [-0.15, -0.1) is 0 Å². The highest BCUT2D eigenvalue weighted by atomic mass is 16.3. The molecule has 32 heavy (non-hydrogen) atoms. The summed E-state index contributed by atoms with van der Waals surface area (Å²) in [6.45, 7) is 5.89. The predicted octanol–water partition coefficient (Wildman–Crippen LogP) is 2.96. The lowest BCUT2D eigenvalue weighted by atomic mass is 10.1. The summed E-state index contributed by atoms with van der Waals surface area (Å²) in [5.74, 6) is 1.12. The summed E-state index contributed by atoms with van der Waals surface area (Å²) in [6.07, 6.45) is 5.98. The number of carbonyl (C=O) groups excluding carboxylic acids is 1. The highest BCUT2D eigenvalue weighted by Crippen LogP contribution is 2.24. The van der Waals surface area contributed by atoms with Gasteiger partial charge in [0.05, 0.1) is 11.8 Å². The molecular weight excluding hydrogens is 406 g/mol. The van der Waals surface area contributed by atoms with Crippen molar-refractivity contribution in [3.63, 3.8) is 0 Å². The fourth-order valence-corrected chi connectivity index (χ4v) is 4.12. The molecule has 0 unspecified atom stereocenters. The fourth-order valence-electron chi connectivity index (χ4n) is 4.12. The van der Waals surface area contributed by atoms with E-state index in [4.69, 9.17) is 0 Å². The number of hydrogen-bond acceptors (Lipinski definition) is 7. The molecule has 1 atom stereocenters. The molecule has 1 aliphatic heterocycles. The van der Waals surface area contributed by atoms with Crippen molar-refractivity contribution in [3.8, 4) is 5.82 Å². The number of anilines is 2. The molecule has 3 aromatic heterocycles. The van der Waals surface area contributed by atoms with Crippen LogP contribution in [-0.4, -0.2) is 59.7 Å². The van der Waals surface area contributed by atoms with E-state index in [0.29, 0.717) is 23.9 Å². The summed E-state index contributed by atoms with van der Waals surface area (Å²) in [4.78, 5) is 26.2. The molecule has 3 N–H and O–H groups in total. The molecule has 0 bridgehead atoms. The minimum absolute atomic E-state index is 0.0138. The Morgan fingerprint density at radius 3 is 3.00 bits per heavy atom. The lowest BCUT2D eigenvalue weighted by molar-refractivity contribution is 0.101. The number of carbonyl (C=O) groups is 1. The van der Waals surface area contributed by atoms with Gasteiger partial charge >= 0.3 is 0 Å². The van der Waals surface area contributed by atoms with E-state index >= 15 is 0 Å². The molecule has 1 aromatic carbocycles. The number of aliphatic hydroxyl groups is 1. The Kier molecular flexibility index (Phi) is 5.20. The highest BCUT2D eigenvalue weighted by molar-refractivity contribution is 6.07. The van der Waals surface area contributed by atoms with Gasteiger partial charge in [0.15, 0.2) is 11.6 Å². The van der Waals surface area contributed by atoms with Gasteiger partial charge in [-0.25, -0.2) is 9.67 Å². The first-order valence-electron chi connectivity index (χ1n) is 10.6. The minimum Gasteiger partial charge on any atom is -0.392 e. The lowest BCUT2D eigenvalue weighted by Crippen LogP contribution is -2.21. The zero-order valence-electron chi connectivity index (χ0n) is 18.0. The van der Waals surface area contributed by atoms with Crippen LogP contribution in [0.15, 0.2) is 42.9 Å². The van der Waals surface area contributed by atoms with Gasteiger partial charge in [-0.05, 0) is 38.5 Å². The van der Waals surface area contributed by atoms with E-state index in [-0.39, 0.29) is 11.9 Å². The van der Waals surface area contributed by atoms with Crippen molar-refractivity contribution in [2.45, 2.75) is 32.9 Å².